The average Bonchev–Trinajstić information content (AvgIpc) is 2.66. The molecule has 1 unspecified atom stereocenters. The predicted molar refractivity (Wildman–Crippen MR) is 104 cm³/mol. The zero-order valence-corrected chi connectivity index (χ0v) is 16.9. The summed E-state index contributed by atoms with van der Waals surface area (Å²) < 4.78 is 12.6. The molecule has 0 radical (unpaired) electrons. The van der Waals surface area contributed by atoms with E-state index < -0.39 is 5.97 Å². The third-order valence-corrected chi connectivity index (χ3v) is 4.71. The van der Waals surface area contributed by atoms with Crippen molar-refractivity contribution in [2.75, 3.05) is 20.8 Å². The molecule has 0 bridgehead atoms. The Morgan fingerprint density at radius 3 is 2.56 bits per heavy atom. The summed E-state index contributed by atoms with van der Waals surface area (Å²) in [4.78, 5) is 13.4. The zero-order chi connectivity index (χ0) is 20.0. The van der Waals surface area contributed by atoms with Gasteiger partial charge in [0.25, 0.3) is 0 Å². The lowest BCUT2D eigenvalue weighted by molar-refractivity contribution is -0.917. The highest BCUT2D eigenvalue weighted by Crippen LogP contribution is 2.15. The van der Waals surface area contributed by atoms with Crippen LogP contribution in [0.25, 0.3) is 0 Å². The maximum absolute atomic E-state index is 12.2. The van der Waals surface area contributed by atoms with E-state index in [-0.39, 0.29) is 6.61 Å². The molecule has 27 heavy (non-hydrogen) atoms. The van der Waals surface area contributed by atoms with E-state index in [0.29, 0.717) is 28.1 Å². The lowest BCUT2D eigenvalue weighted by atomic mass is 10.1. The summed E-state index contributed by atoms with van der Waals surface area (Å²) in [5.41, 5.74) is 2.53. The summed E-state index contributed by atoms with van der Waals surface area (Å²) in [7, 11) is 3.68. The molecule has 1 atom stereocenters. The molecule has 0 fully saturated rings. The number of hydrogen-bond donors (Lipinski definition) is 1. The molecule has 0 aliphatic heterocycles. The van der Waals surface area contributed by atoms with Crippen molar-refractivity contribution >= 4 is 18.2 Å². The van der Waals surface area contributed by atoms with Crippen LogP contribution in [0, 0.1) is 22.9 Å². The van der Waals surface area contributed by atoms with Crippen molar-refractivity contribution in [2.24, 2.45) is 0 Å². The summed E-state index contributed by atoms with van der Waals surface area (Å²) in [6.45, 7) is 5.14. The molecule has 6 nitrogen and oxygen atoms in total. The first-order valence-corrected chi connectivity index (χ1v) is 9.08. The first kappa shape index (κ1) is 20.6. The Hall–Kier alpha value is -2.69. The second-order valence-corrected chi connectivity index (χ2v) is 6.65. The van der Waals surface area contributed by atoms with Crippen LogP contribution < -0.4 is 9.64 Å². The number of carbonyl (C=O) groups excluding carboxylic acids is 1. The highest BCUT2D eigenvalue weighted by atomic mass is 32.1. The van der Waals surface area contributed by atoms with Crippen molar-refractivity contribution < 1.29 is 19.2 Å². The topological polar surface area (TPSA) is 68.7 Å². The van der Waals surface area contributed by atoms with Gasteiger partial charge in [-0.25, -0.2) is 4.79 Å². The number of hydrogen-bond acceptors (Lipinski definition) is 5. The van der Waals surface area contributed by atoms with E-state index in [4.69, 9.17) is 21.7 Å². The maximum atomic E-state index is 12.2. The quantitative estimate of drug-likeness (QED) is 0.584. The van der Waals surface area contributed by atoms with Gasteiger partial charge in [-0.2, -0.15) is 5.26 Å². The molecule has 0 saturated carbocycles. The van der Waals surface area contributed by atoms with Crippen molar-refractivity contribution in [3.63, 3.8) is 0 Å². The van der Waals surface area contributed by atoms with Crippen LogP contribution in [0.2, 0.25) is 0 Å². The van der Waals surface area contributed by atoms with Crippen molar-refractivity contribution in [1.29, 1.82) is 5.26 Å². The van der Waals surface area contributed by atoms with Gasteiger partial charge in [0.05, 0.1) is 31.9 Å². The molecule has 0 saturated heterocycles. The lowest BCUT2D eigenvalue weighted by Gasteiger charge is -2.20. The Morgan fingerprint density at radius 2 is 2.00 bits per heavy atom. The molecular formula is C20H24N3O3S+. The van der Waals surface area contributed by atoms with Crippen molar-refractivity contribution in [3.05, 3.63) is 57.4 Å². The molecule has 1 heterocycles. The van der Waals surface area contributed by atoms with Gasteiger partial charge in [0.1, 0.15) is 23.0 Å². The van der Waals surface area contributed by atoms with E-state index >= 15 is 0 Å². The van der Waals surface area contributed by atoms with E-state index in [1.807, 2.05) is 42.8 Å². The van der Waals surface area contributed by atoms with Gasteiger partial charge in [-0.15, -0.1) is 0 Å². The van der Waals surface area contributed by atoms with E-state index in [1.54, 1.807) is 14.0 Å². The Balaban J connectivity index is 2.30. The van der Waals surface area contributed by atoms with E-state index in [9.17, 15) is 10.1 Å². The number of nitriles is 1. The number of esters is 1. The lowest BCUT2D eigenvalue weighted by Crippen LogP contribution is -3.07. The van der Waals surface area contributed by atoms with Crippen LogP contribution in [0.1, 0.15) is 34.1 Å². The Morgan fingerprint density at radius 1 is 1.33 bits per heavy atom. The smallest absolute Gasteiger partial charge is 0.339 e. The van der Waals surface area contributed by atoms with Crippen LogP contribution in [-0.4, -0.2) is 31.3 Å². The van der Waals surface area contributed by atoms with Crippen molar-refractivity contribution in [3.8, 4) is 11.8 Å². The molecule has 0 aliphatic carbocycles. The number of carbonyl (C=O) groups is 1. The number of ether oxygens (including phenoxy) is 2. The number of nitrogens with zero attached hydrogens (tertiary/aromatic N) is 2. The number of aromatic nitrogens is 1. The van der Waals surface area contributed by atoms with Gasteiger partial charge >= 0.3 is 5.97 Å². The minimum atomic E-state index is -0.442. The molecule has 1 N–H and O–H groups in total. The van der Waals surface area contributed by atoms with E-state index in [1.165, 1.54) is 6.07 Å². The molecule has 2 aromatic rings. The van der Waals surface area contributed by atoms with Crippen LogP contribution in [-0.2, 0) is 18.0 Å². The number of nitrogens with one attached hydrogen (secondary N) is 1. The second-order valence-electron chi connectivity index (χ2n) is 6.26. The fourth-order valence-corrected chi connectivity index (χ4v) is 3.16. The van der Waals surface area contributed by atoms with Crippen LogP contribution in [0.4, 0.5) is 0 Å². The molecule has 0 aliphatic rings. The van der Waals surface area contributed by atoms with Gasteiger partial charge < -0.3 is 14.4 Å². The number of pyridine rings is 1. The largest absolute Gasteiger partial charge is 0.497 e. The Kier molecular flexibility index (Phi) is 7.11. The molecule has 7 heteroatoms. The van der Waals surface area contributed by atoms with E-state index in [0.717, 1.165) is 22.8 Å². The molecular weight excluding hydrogens is 362 g/mol. The maximum Gasteiger partial charge on any atom is 0.339 e. The Bertz CT molecular complexity index is 914. The summed E-state index contributed by atoms with van der Waals surface area (Å²) in [5.74, 6) is 0.373. The third kappa shape index (κ3) is 4.94. The van der Waals surface area contributed by atoms with Crippen molar-refractivity contribution in [2.45, 2.75) is 27.1 Å². The van der Waals surface area contributed by atoms with Crippen molar-refractivity contribution in [1.82, 2.24) is 4.57 Å². The molecule has 2 rings (SSSR count). The van der Waals surface area contributed by atoms with Crippen LogP contribution in [0.5, 0.6) is 5.75 Å². The van der Waals surface area contributed by atoms with Gasteiger partial charge in [0.2, 0.25) is 0 Å². The fourth-order valence-electron chi connectivity index (χ4n) is 2.86. The first-order chi connectivity index (χ1) is 12.9. The van der Waals surface area contributed by atoms with Gasteiger partial charge in [-0.1, -0.05) is 12.2 Å². The molecule has 0 spiro atoms. The van der Waals surface area contributed by atoms with Gasteiger partial charge in [0.15, 0.2) is 6.67 Å². The molecule has 0 amide bonds. The van der Waals surface area contributed by atoms with E-state index in [2.05, 4.69) is 6.07 Å². The fraction of sp³-hybridized carbons (Fsp3) is 0.350. The number of benzene rings is 1. The normalized spacial score (nSPS) is 11.5. The minimum absolute atomic E-state index is 0.276. The molecule has 1 aromatic heterocycles. The molecule has 1 aromatic carbocycles. The summed E-state index contributed by atoms with van der Waals surface area (Å²) in [5, 5.41) is 9.39. The highest BCUT2D eigenvalue weighted by molar-refractivity contribution is 7.71. The van der Waals surface area contributed by atoms with Crippen LogP contribution >= 0.6 is 12.2 Å². The average molecular weight is 386 g/mol. The number of quaternary nitrogens is 1. The highest BCUT2D eigenvalue weighted by Gasteiger charge is 2.18. The van der Waals surface area contributed by atoms with Gasteiger partial charge in [-0.05, 0) is 44.2 Å². The van der Waals surface area contributed by atoms with Crippen LogP contribution in [0.3, 0.4) is 0 Å². The molecule has 142 valence electrons. The second kappa shape index (κ2) is 9.31. The minimum Gasteiger partial charge on any atom is -0.497 e. The summed E-state index contributed by atoms with van der Waals surface area (Å²) in [6, 6.07) is 11.5. The van der Waals surface area contributed by atoms with Gasteiger partial charge in [-0.3, -0.25) is 4.57 Å². The number of rotatable bonds is 7. The monoisotopic (exact) mass is 386 g/mol. The number of methoxy groups -OCH3 is 1. The third-order valence-electron chi connectivity index (χ3n) is 4.27. The SMILES string of the molecule is CCOC(=O)c1cc(C#N)c(=S)n(C[NH+](C)Cc2ccc(OC)cc2)c1C. The predicted octanol–water partition coefficient (Wildman–Crippen LogP) is 2.26. The Labute approximate surface area is 164 Å². The first-order valence-electron chi connectivity index (χ1n) is 8.67. The summed E-state index contributed by atoms with van der Waals surface area (Å²) >= 11 is 5.46. The summed E-state index contributed by atoms with van der Waals surface area (Å²) in [6.07, 6.45) is 0. The zero-order valence-electron chi connectivity index (χ0n) is 16.0. The van der Waals surface area contributed by atoms with Crippen LogP contribution in [0.15, 0.2) is 30.3 Å². The standard InChI is InChI=1S/C20H23N3O3S/c1-5-26-20(24)18-10-16(11-21)19(27)23(14(18)2)13-22(3)12-15-6-8-17(25-4)9-7-15/h6-10H,5,12-13H2,1-4H3/p+1. The van der Waals surface area contributed by atoms with Gasteiger partial charge in [0, 0.05) is 11.3 Å².